The van der Waals surface area contributed by atoms with Gasteiger partial charge in [0, 0.05) is 18.8 Å². The second kappa shape index (κ2) is 8.06. The summed E-state index contributed by atoms with van der Waals surface area (Å²) in [7, 11) is 0. The molecule has 0 unspecified atom stereocenters. The van der Waals surface area contributed by atoms with Crippen LogP contribution in [-0.4, -0.2) is 62.9 Å². The largest absolute Gasteiger partial charge is 0.444 e. The van der Waals surface area contributed by atoms with E-state index in [9.17, 15) is 4.79 Å². The molecule has 1 aromatic heterocycles. The zero-order valence-corrected chi connectivity index (χ0v) is 18.0. The van der Waals surface area contributed by atoms with E-state index in [2.05, 4.69) is 51.5 Å². The monoisotopic (exact) mass is 429 g/mol. The summed E-state index contributed by atoms with van der Waals surface area (Å²) in [6.07, 6.45) is 6.31. The van der Waals surface area contributed by atoms with Crippen molar-refractivity contribution in [2.24, 2.45) is 5.92 Å². The minimum atomic E-state index is -0.189. The molecule has 3 fully saturated rings. The maximum absolute atomic E-state index is 13.5. The molecule has 2 atom stereocenters. The van der Waals surface area contributed by atoms with E-state index >= 15 is 0 Å². The van der Waals surface area contributed by atoms with E-state index in [1.165, 1.54) is 11.1 Å². The van der Waals surface area contributed by atoms with Crippen LogP contribution in [0.25, 0.3) is 5.69 Å². The molecule has 3 saturated heterocycles. The number of aromatic nitrogens is 3. The van der Waals surface area contributed by atoms with Crippen LogP contribution in [0.5, 0.6) is 0 Å². The van der Waals surface area contributed by atoms with E-state index in [1.807, 2.05) is 21.6 Å². The molecular weight excluding hydrogens is 402 g/mol. The molecule has 0 saturated carbocycles. The average molecular weight is 430 g/mol. The van der Waals surface area contributed by atoms with E-state index in [0.717, 1.165) is 50.1 Å². The summed E-state index contributed by atoms with van der Waals surface area (Å²) in [5.74, 6) is 0.502. The van der Waals surface area contributed by atoms with Crippen molar-refractivity contribution < 1.29 is 9.53 Å². The zero-order chi connectivity index (χ0) is 21.5. The van der Waals surface area contributed by atoms with Gasteiger partial charge >= 0.3 is 6.09 Å². The lowest BCUT2D eigenvalue weighted by Crippen LogP contribution is -2.53. The van der Waals surface area contributed by atoms with E-state index in [0.29, 0.717) is 12.5 Å². The molecule has 0 spiro atoms. The summed E-state index contributed by atoms with van der Waals surface area (Å²) < 4.78 is 8.01. The minimum Gasteiger partial charge on any atom is -0.444 e. The lowest BCUT2D eigenvalue weighted by molar-refractivity contribution is -0.0462. The highest BCUT2D eigenvalue weighted by atomic mass is 16.6. The molecule has 164 valence electrons. The molecule has 5 heterocycles. The van der Waals surface area contributed by atoms with Gasteiger partial charge in [-0.15, -0.1) is 10.2 Å². The number of rotatable bonds is 3. The van der Waals surface area contributed by atoms with Crippen LogP contribution in [0.2, 0.25) is 0 Å². The van der Waals surface area contributed by atoms with Crippen LogP contribution in [0.3, 0.4) is 0 Å². The van der Waals surface area contributed by atoms with Crippen LogP contribution in [0.1, 0.15) is 35.6 Å². The molecule has 1 amide bonds. The summed E-state index contributed by atoms with van der Waals surface area (Å²) in [5, 5.41) is 7.78. The van der Waals surface area contributed by atoms with Gasteiger partial charge in [0.25, 0.3) is 0 Å². The second-order valence-corrected chi connectivity index (χ2v) is 9.07. The normalized spacial score (nSPS) is 26.6. The Hall–Kier alpha value is -3.19. The Kier molecular flexibility index (Phi) is 4.91. The Labute approximate surface area is 187 Å². The summed E-state index contributed by atoms with van der Waals surface area (Å²) in [5.41, 5.74) is 4.55. The number of nitrogens with zero attached hydrogens (tertiary/aromatic N) is 5. The molecular formula is C25H27N5O2. The molecule has 7 rings (SSSR count). The second-order valence-electron chi connectivity index (χ2n) is 9.07. The number of amides is 1. The number of piperidine rings is 3. The number of hydrogen-bond acceptors (Lipinski definition) is 5. The van der Waals surface area contributed by atoms with Gasteiger partial charge in [-0.3, -0.25) is 14.4 Å². The maximum atomic E-state index is 13.5. The molecule has 0 N–H and O–H groups in total. The average Bonchev–Trinajstić information content (AvgIpc) is 3.39. The molecule has 7 nitrogen and oxygen atoms in total. The Bertz CT molecular complexity index is 1090. The Morgan fingerprint density at radius 1 is 0.938 bits per heavy atom. The first-order valence-corrected chi connectivity index (χ1v) is 11.5. The fourth-order valence-electron chi connectivity index (χ4n) is 5.53. The van der Waals surface area contributed by atoms with E-state index in [4.69, 9.17) is 4.74 Å². The van der Waals surface area contributed by atoms with Crippen molar-refractivity contribution in [2.75, 3.05) is 26.2 Å². The van der Waals surface area contributed by atoms with E-state index < -0.39 is 0 Å². The number of fused-ring (bicyclic) bond motifs is 4. The van der Waals surface area contributed by atoms with Crippen molar-refractivity contribution in [3.63, 3.8) is 0 Å². The van der Waals surface area contributed by atoms with Crippen LogP contribution in [0.4, 0.5) is 4.79 Å². The first-order valence-electron chi connectivity index (χ1n) is 11.5. The molecule has 2 bridgehead atoms. The van der Waals surface area contributed by atoms with Crippen molar-refractivity contribution >= 4 is 6.09 Å². The molecule has 32 heavy (non-hydrogen) atoms. The molecule has 3 aromatic rings. The van der Waals surface area contributed by atoms with Crippen molar-refractivity contribution in [3.05, 3.63) is 77.9 Å². The van der Waals surface area contributed by atoms with Gasteiger partial charge in [-0.2, -0.15) is 0 Å². The smallest absolute Gasteiger partial charge is 0.410 e. The zero-order valence-electron chi connectivity index (χ0n) is 18.0. The summed E-state index contributed by atoms with van der Waals surface area (Å²) >= 11 is 0. The molecule has 7 heteroatoms. The molecule has 4 aliphatic heterocycles. The maximum Gasteiger partial charge on any atom is 0.410 e. The van der Waals surface area contributed by atoms with Crippen LogP contribution in [0.15, 0.2) is 61.2 Å². The fourth-order valence-corrected chi connectivity index (χ4v) is 5.53. The topological polar surface area (TPSA) is 63.5 Å². The van der Waals surface area contributed by atoms with E-state index in [1.54, 1.807) is 12.7 Å². The highest BCUT2D eigenvalue weighted by Gasteiger charge is 2.39. The van der Waals surface area contributed by atoms with Crippen LogP contribution < -0.4 is 0 Å². The van der Waals surface area contributed by atoms with Crippen molar-refractivity contribution in [2.45, 2.75) is 31.4 Å². The number of benzene rings is 2. The molecule has 0 aliphatic carbocycles. The first kappa shape index (κ1) is 19.5. The standard InChI is InChI=1S/C25H27N5O2/c31-25(32-23-15-28-12-9-19(23)10-13-28)30-14-11-18-3-1-2-4-22(18)24(30)20-5-7-21(8-6-20)29-16-26-27-17-29/h1-8,16-17,19,23-24H,9-15H2/t23-,24-/m1/s1. The van der Waals surface area contributed by atoms with Crippen molar-refractivity contribution in [3.8, 4) is 5.69 Å². The SMILES string of the molecule is O=C(O[C@@H]1CN2CCC1CC2)N1CCc2ccccc2[C@H]1c1ccc(-n2cnnc2)cc1. The lowest BCUT2D eigenvalue weighted by Gasteiger charge is -2.45. The van der Waals surface area contributed by atoms with Gasteiger partial charge in [0.1, 0.15) is 18.8 Å². The summed E-state index contributed by atoms with van der Waals surface area (Å²) in [6, 6.07) is 16.6. The predicted molar refractivity (Wildman–Crippen MR) is 119 cm³/mol. The van der Waals surface area contributed by atoms with Crippen LogP contribution in [0, 0.1) is 5.92 Å². The van der Waals surface area contributed by atoms with Gasteiger partial charge in [-0.25, -0.2) is 4.79 Å². The van der Waals surface area contributed by atoms with Gasteiger partial charge in [0.05, 0.1) is 6.04 Å². The third-order valence-corrected chi connectivity index (χ3v) is 7.29. The number of hydrogen-bond donors (Lipinski definition) is 0. The first-order chi connectivity index (χ1) is 15.8. The predicted octanol–water partition coefficient (Wildman–Crippen LogP) is 3.45. The van der Waals surface area contributed by atoms with Gasteiger partial charge < -0.3 is 4.74 Å². The third kappa shape index (κ3) is 3.46. The Morgan fingerprint density at radius 3 is 2.41 bits per heavy atom. The fraction of sp³-hybridized carbons (Fsp3) is 0.400. The Balaban J connectivity index is 1.30. The van der Waals surface area contributed by atoms with E-state index in [-0.39, 0.29) is 18.2 Å². The molecule has 2 aromatic carbocycles. The van der Waals surface area contributed by atoms with Gasteiger partial charge in [0.2, 0.25) is 0 Å². The van der Waals surface area contributed by atoms with Crippen molar-refractivity contribution in [1.29, 1.82) is 0 Å². The Morgan fingerprint density at radius 2 is 1.69 bits per heavy atom. The lowest BCUT2D eigenvalue weighted by atomic mass is 9.86. The van der Waals surface area contributed by atoms with Crippen molar-refractivity contribution in [1.82, 2.24) is 24.6 Å². The summed E-state index contributed by atoms with van der Waals surface area (Å²) in [6.45, 7) is 3.81. The number of carbonyl (C=O) groups excluding carboxylic acids is 1. The molecule has 0 radical (unpaired) electrons. The van der Waals surface area contributed by atoms with Gasteiger partial charge in [0.15, 0.2) is 0 Å². The van der Waals surface area contributed by atoms with Gasteiger partial charge in [-0.05, 0) is 67.1 Å². The number of carbonyl (C=O) groups is 1. The van der Waals surface area contributed by atoms with Gasteiger partial charge in [-0.1, -0.05) is 36.4 Å². The highest BCUT2D eigenvalue weighted by molar-refractivity contribution is 5.70. The highest BCUT2D eigenvalue weighted by Crippen LogP contribution is 2.37. The van der Waals surface area contributed by atoms with Crippen LogP contribution in [-0.2, 0) is 11.2 Å². The summed E-state index contributed by atoms with van der Waals surface area (Å²) in [4.78, 5) is 17.8. The quantitative estimate of drug-likeness (QED) is 0.638. The number of ether oxygens (including phenoxy) is 1. The van der Waals surface area contributed by atoms with Crippen LogP contribution >= 0.6 is 0 Å². The minimum absolute atomic E-state index is 0.0129. The molecule has 4 aliphatic rings. The third-order valence-electron chi connectivity index (χ3n) is 7.29.